The van der Waals surface area contributed by atoms with Crippen molar-refractivity contribution in [2.45, 2.75) is 31.1 Å². The summed E-state index contributed by atoms with van der Waals surface area (Å²) < 4.78 is 33.0. The summed E-state index contributed by atoms with van der Waals surface area (Å²) in [7, 11) is -3.88. The van der Waals surface area contributed by atoms with Gasteiger partial charge in [-0.3, -0.25) is 9.59 Å². The molecule has 2 N–H and O–H groups in total. The van der Waals surface area contributed by atoms with Crippen molar-refractivity contribution < 1.29 is 22.7 Å². The maximum Gasteiger partial charge on any atom is 0.262 e. The van der Waals surface area contributed by atoms with E-state index in [2.05, 4.69) is 17.6 Å². The van der Waals surface area contributed by atoms with E-state index in [-0.39, 0.29) is 53.1 Å². The molecule has 2 amide bonds. The van der Waals surface area contributed by atoms with E-state index >= 15 is 0 Å². The van der Waals surface area contributed by atoms with E-state index in [1.807, 2.05) is 24.3 Å². The number of halogens is 1. The summed E-state index contributed by atoms with van der Waals surface area (Å²) in [6.45, 7) is 2.30. The van der Waals surface area contributed by atoms with Crippen molar-refractivity contribution in [1.82, 2.24) is 4.31 Å². The third-order valence-electron chi connectivity index (χ3n) is 5.74. The SMILES string of the molecule is CCc1ccc(NC(=O)C2CCN(S(=O)(=O)c3cc4c(cc3Cl)NC(=O)CO4)CC2)cc1. The molecule has 2 aliphatic heterocycles. The van der Waals surface area contributed by atoms with Crippen LogP contribution in [0, 0.1) is 5.92 Å². The van der Waals surface area contributed by atoms with E-state index in [1.165, 1.54) is 22.0 Å². The fourth-order valence-corrected chi connectivity index (χ4v) is 5.83. The monoisotopic (exact) mass is 477 g/mol. The van der Waals surface area contributed by atoms with Gasteiger partial charge in [-0.15, -0.1) is 0 Å². The molecule has 0 saturated carbocycles. The highest BCUT2D eigenvalue weighted by atomic mass is 35.5. The maximum atomic E-state index is 13.2. The fourth-order valence-electron chi connectivity index (χ4n) is 3.84. The molecule has 32 heavy (non-hydrogen) atoms. The van der Waals surface area contributed by atoms with Gasteiger partial charge in [0.05, 0.1) is 10.7 Å². The Balaban J connectivity index is 1.42. The number of sulfonamides is 1. The van der Waals surface area contributed by atoms with E-state index < -0.39 is 10.0 Å². The van der Waals surface area contributed by atoms with Crippen molar-refractivity contribution in [2.24, 2.45) is 5.92 Å². The lowest BCUT2D eigenvalue weighted by molar-refractivity contribution is -0.121. The minimum Gasteiger partial charge on any atom is -0.482 e. The average Bonchev–Trinajstić information content (AvgIpc) is 2.79. The number of carbonyl (C=O) groups is 2. The smallest absolute Gasteiger partial charge is 0.262 e. The Morgan fingerprint density at radius 1 is 1.22 bits per heavy atom. The van der Waals surface area contributed by atoms with Crippen molar-refractivity contribution in [3.63, 3.8) is 0 Å². The molecule has 2 heterocycles. The number of rotatable bonds is 5. The van der Waals surface area contributed by atoms with Gasteiger partial charge in [-0.25, -0.2) is 8.42 Å². The Labute approximate surface area is 191 Å². The maximum absolute atomic E-state index is 13.2. The Bertz CT molecular complexity index is 1140. The van der Waals surface area contributed by atoms with Crippen molar-refractivity contribution in [3.05, 3.63) is 47.0 Å². The van der Waals surface area contributed by atoms with E-state index in [1.54, 1.807) is 0 Å². The van der Waals surface area contributed by atoms with Crippen LogP contribution in [-0.2, 0) is 26.0 Å². The molecule has 8 nitrogen and oxygen atoms in total. The number of nitrogens with zero attached hydrogens (tertiary/aromatic N) is 1. The number of carbonyl (C=O) groups excluding carboxylic acids is 2. The number of aryl methyl sites for hydroxylation is 1. The third kappa shape index (κ3) is 4.60. The molecule has 0 aliphatic carbocycles. The molecule has 2 aromatic carbocycles. The summed E-state index contributed by atoms with van der Waals surface area (Å²) in [6.07, 6.45) is 1.75. The van der Waals surface area contributed by atoms with E-state index in [0.29, 0.717) is 18.5 Å². The van der Waals surface area contributed by atoms with Crippen molar-refractivity contribution in [1.29, 1.82) is 0 Å². The molecule has 0 bridgehead atoms. The largest absolute Gasteiger partial charge is 0.482 e. The highest BCUT2D eigenvalue weighted by Gasteiger charge is 2.34. The lowest BCUT2D eigenvalue weighted by atomic mass is 9.97. The Hall–Kier alpha value is -2.62. The fraction of sp³-hybridized carbons (Fsp3) is 0.364. The van der Waals surface area contributed by atoms with Gasteiger partial charge in [-0.1, -0.05) is 30.7 Å². The summed E-state index contributed by atoms with van der Waals surface area (Å²) in [6, 6.07) is 10.4. The summed E-state index contributed by atoms with van der Waals surface area (Å²) in [4.78, 5) is 24.0. The Morgan fingerprint density at radius 3 is 2.56 bits per heavy atom. The van der Waals surface area contributed by atoms with Crippen LogP contribution in [-0.4, -0.2) is 44.2 Å². The first-order valence-electron chi connectivity index (χ1n) is 10.4. The van der Waals surface area contributed by atoms with E-state index in [4.69, 9.17) is 16.3 Å². The summed E-state index contributed by atoms with van der Waals surface area (Å²) >= 11 is 6.23. The molecule has 0 spiro atoms. The molecule has 2 aliphatic rings. The van der Waals surface area contributed by atoms with Crippen LogP contribution in [0.25, 0.3) is 0 Å². The zero-order chi connectivity index (χ0) is 22.9. The first-order valence-corrected chi connectivity index (χ1v) is 12.3. The van der Waals surface area contributed by atoms with Crippen molar-refractivity contribution in [2.75, 3.05) is 30.3 Å². The second-order valence-electron chi connectivity index (χ2n) is 7.83. The number of nitrogens with one attached hydrogen (secondary N) is 2. The lowest BCUT2D eigenvalue weighted by Crippen LogP contribution is -2.41. The van der Waals surface area contributed by atoms with Crippen LogP contribution < -0.4 is 15.4 Å². The number of ether oxygens (including phenoxy) is 1. The molecular weight excluding hydrogens is 454 g/mol. The van der Waals surface area contributed by atoms with Crippen LogP contribution >= 0.6 is 11.6 Å². The standard InChI is InChI=1S/C22H24ClN3O5S/c1-2-14-3-5-16(6-4-14)24-22(28)15-7-9-26(10-8-15)32(29,30)20-12-19-18(11-17(20)23)25-21(27)13-31-19/h3-6,11-12,15H,2,7-10,13H2,1H3,(H,24,28)(H,25,27). The van der Waals surface area contributed by atoms with Crippen LogP contribution in [0.4, 0.5) is 11.4 Å². The molecule has 0 atom stereocenters. The second-order valence-corrected chi connectivity index (χ2v) is 10.1. The summed E-state index contributed by atoms with van der Waals surface area (Å²) in [5.41, 5.74) is 2.26. The predicted molar refractivity (Wildman–Crippen MR) is 122 cm³/mol. The molecular formula is C22H24ClN3O5S. The summed E-state index contributed by atoms with van der Waals surface area (Å²) in [5, 5.41) is 5.52. The Morgan fingerprint density at radius 2 is 1.91 bits per heavy atom. The number of benzene rings is 2. The van der Waals surface area contributed by atoms with Crippen LogP contribution in [0.2, 0.25) is 5.02 Å². The van der Waals surface area contributed by atoms with Gasteiger partial charge >= 0.3 is 0 Å². The van der Waals surface area contributed by atoms with E-state index in [9.17, 15) is 18.0 Å². The number of amides is 2. The molecule has 0 aromatic heterocycles. The van der Waals surface area contributed by atoms with Crippen molar-refractivity contribution in [3.8, 4) is 5.75 Å². The van der Waals surface area contributed by atoms with Crippen LogP contribution in [0.1, 0.15) is 25.3 Å². The van der Waals surface area contributed by atoms with E-state index in [0.717, 1.165) is 12.1 Å². The van der Waals surface area contributed by atoms with Crippen LogP contribution in [0.3, 0.4) is 0 Å². The quantitative estimate of drug-likeness (QED) is 0.687. The first-order chi connectivity index (χ1) is 15.3. The highest BCUT2D eigenvalue weighted by molar-refractivity contribution is 7.89. The summed E-state index contributed by atoms with van der Waals surface area (Å²) in [5.74, 6) is -0.450. The predicted octanol–water partition coefficient (Wildman–Crippen LogP) is 3.27. The molecule has 1 saturated heterocycles. The second kappa shape index (κ2) is 9.09. The molecule has 4 rings (SSSR count). The average molecular weight is 478 g/mol. The van der Waals surface area contributed by atoms with Gasteiger partial charge in [-0.05, 0) is 43.0 Å². The normalized spacial score (nSPS) is 17.2. The lowest BCUT2D eigenvalue weighted by Gasteiger charge is -2.31. The topological polar surface area (TPSA) is 105 Å². The molecule has 0 radical (unpaired) electrons. The van der Waals surface area contributed by atoms with Crippen LogP contribution in [0.15, 0.2) is 41.3 Å². The van der Waals surface area contributed by atoms with Crippen molar-refractivity contribution >= 4 is 44.8 Å². The van der Waals surface area contributed by atoms with Gasteiger partial charge in [0.15, 0.2) is 6.61 Å². The number of anilines is 2. The number of fused-ring (bicyclic) bond motifs is 1. The molecule has 170 valence electrons. The molecule has 10 heteroatoms. The molecule has 1 fully saturated rings. The Kier molecular flexibility index (Phi) is 6.41. The zero-order valence-corrected chi connectivity index (χ0v) is 19.1. The molecule has 2 aromatic rings. The minimum atomic E-state index is -3.88. The third-order valence-corrected chi connectivity index (χ3v) is 8.10. The highest BCUT2D eigenvalue weighted by Crippen LogP contribution is 2.37. The first kappa shape index (κ1) is 22.6. The van der Waals surface area contributed by atoms with Gasteiger partial charge in [0.25, 0.3) is 5.91 Å². The number of hydrogen-bond donors (Lipinski definition) is 2. The van der Waals surface area contributed by atoms with Gasteiger partial charge in [0.1, 0.15) is 10.6 Å². The van der Waals surface area contributed by atoms with Crippen LogP contribution in [0.5, 0.6) is 5.75 Å². The van der Waals surface area contributed by atoms with Gasteiger partial charge < -0.3 is 15.4 Å². The van der Waals surface area contributed by atoms with Gasteiger partial charge in [0, 0.05) is 30.8 Å². The minimum absolute atomic E-state index is 0.00458. The zero-order valence-electron chi connectivity index (χ0n) is 17.6. The molecule has 0 unspecified atom stereocenters. The number of piperidine rings is 1. The number of hydrogen-bond acceptors (Lipinski definition) is 5. The van der Waals surface area contributed by atoms with Gasteiger partial charge in [-0.2, -0.15) is 4.31 Å². The van der Waals surface area contributed by atoms with Gasteiger partial charge in [0.2, 0.25) is 15.9 Å².